The highest BCUT2D eigenvalue weighted by atomic mass is 32.1. The first-order valence-corrected chi connectivity index (χ1v) is 11.0. The highest BCUT2D eigenvalue weighted by Gasteiger charge is 2.34. The van der Waals surface area contributed by atoms with Gasteiger partial charge in [-0.3, -0.25) is 0 Å². The minimum atomic E-state index is 0.464. The minimum absolute atomic E-state index is 0.464. The van der Waals surface area contributed by atoms with Crippen LogP contribution in [0.1, 0.15) is 64.0 Å². The molecule has 0 aromatic heterocycles. The number of rotatable bonds is 10. The standard InChI is InChI=1S/C23H39N2S/c1-5-6-16-24(19-26)17-23(22-10-8-7-9-11-22)25(3,4)18-21-14-12-20(2)13-15-21/h7-11,19-21,23H,5-6,12-18H2,1-4H3/q+1. The average molecular weight is 376 g/mol. The molecule has 2 rings (SSSR count). The molecule has 1 fully saturated rings. The van der Waals surface area contributed by atoms with E-state index in [-0.39, 0.29) is 0 Å². The second-order valence-corrected chi connectivity index (χ2v) is 9.18. The molecule has 26 heavy (non-hydrogen) atoms. The largest absolute Gasteiger partial charge is 0.362 e. The molecule has 1 atom stereocenters. The lowest BCUT2D eigenvalue weighted by Gasteiger charge is -2.43. The van der Waals surface area contributed by atoms with E-state index in [1.807, 2.05) is 5.49 Å². The quantitative estimate of drug-likeness (QED) is 0.382. The molecule has 146 valence electrons. The van der Waals surface area contributed by atoms with E-state index in [0.29, 0.717) is 6.04 Å². The van der Waals surface area contributed by atoms with Crippen molar-refractivity contribution in [1.29, 1.82) is 0 Å². The average Bonchev–Trinajstić information content (AvgIpc) is 2.64. The van der Waals surface area contributed by atoms with E-state index >= 15 is 0 Å². The number of nitrogens with zero attached hydrogens (tertiary/aromatic N) is 2. The Labute approximate surface area is 167 Å². The molecular formula is C23H39N2S+. The molecule has 0 radical (unpaired) electrons. The Morgan fingerprint density at radius 1 is 1.15 bits per heavy atom. The molecule has 1 aliphatic carbocycles. The van der Waals surface area contributed by atoms with Crippen LogP contribution in [-0.4, -0.2) is 48.6 Å². The summed E-state index contributed by atoms with van der Waals surface area (Å²) in [6, 6.07) is 11.5. The summed E-state index contributed by atoms with van der Waals surface area (Å²) in [5, 5.41) is 0. The molecule has 1 aromatic carbocycles. The van der Waals surface area contributed by atoms with Crippen LogP contribution in [0.3, 0.4) is 0 Å². The van der Waals surface area contributed by atoms with Crippen molar-refractivity contribution in [3.05, 3.63) is 35.9 Å². The Bertz CT molecular complexity index is 520. The van der Waals surface area contributed by atoms with E-state index in [1.165, 1.54) is 50.6 Å². The number of hydrogen-bond acceptors (Lipinski definition) is 1. The molecule has 0 heterocycles. The van der Waals surface area contributed by atoms with Gasteiger partial charge < -0.3 is 9.38 Å². The van der Waals surface area contributed by atoms with Gasteiger partial charge in [0.15, 0.2) is 0 Å². The molecule has 1 aromatic rings. The van der Waals surface area contributed by atoms with E-state index < -0.39 is 0 Å². The van der Waals surface area contributed by atoms with Crippen molar-refractivity contribution < 1.29 is 4.48 Å². The lowest BCUT2D eigenvalue weighted by Crippen LogP contribution is -2.50. The molecular weight excluding hydrogens is 336 g/mol. The summed E-state index contributed by atoms with van der Waals surface area (Å²) in [5.41, 5.74) is 3.33. The Morgan fingerprint density at radius 2 is 1.81 bits per heavy atom. The highest BCUT2D eigenvalue weighted by Crippen LogP contribution is 2.34. The predicted octanol–water partition coefficient (Wildman–Crippen LogP) is 5.69. The summed E-state index contributed by atoms with van der Waals surface area (Å²) in [6.45, 7) is 8.02. The van der Waals surface area contributed by atoms with E-state index in [0.717, 1.165) is 29.4 Å². The normalized spacial score (nSPS) is 22.0. The van der Waals surface area contributed by atoms with Crippen LogP contribution in [0.15, 0.2) is 30.3 Å². The third-order valence-corrected chi connectivity index (χ3v) is 6.55. The fraction of sp³-hybridized carbons (Fsp3) is 0.696. The van der Waals surface area contributed by atoms with Crippen LogP contribution >= 0.6 is 12.2 Å². The van der Waals surface area contributed by atoms with Gasteiger partial charge in [-0.2, -0.15) is 0 Å². The third kappa shape index (κ3) is 6.35. The van der Waals surface area contributed by atoms with Gasteiger partial charge in [-0.1, -0.05) is 75.7 Å². The van der Waals surface area contributed by atoms with Crippen molar-refractivity contribution in [3.8, 4) is 0 Å². The second-order valence-electron chi connectivity index (χ2n) is 8.97. The van der Waals surface area contributed by atoms with E-state index in [4.69, 9.17) is 12.2 Å². The van der Waals surface area contributed by atoms with Crippen molar-refractivity contribution in [3.63, 3.8) is 0 Å². The van der Waals surface area contributed by atoms with Crippen LogP contribution in [-0.2, 0) is 0 Å². The summed E-state index contributed by atoms with van der Waals surface area (Å²) in [4.78, 5) is 2.36. The number of benzene rings is 1. The molecule has 0 spiro atoms. The number of quaternary nitrogens is 1. The topological polar surface area (TPSA) is 3.24 Å². The molecule has 3 heteroatoms. The first-order chi connectivity index (χ1) is 12.5. The van der Waals surface area contributed by atoms with Crippen LogP contribution in [0.4, 0.5) is 0 Å². The first kappa shape index (κ1) is 21.4. The van der Waals surface area contributed by atoms with E-state index in [1.54, 1.807) is 0 Å². The van der Waals surface area contributed by atoms with Gasteiger partial charge in [0.2, 0.25) is 0 Å². The molecule has 1 unspecified atom stereocenters. The number of likely N-dealkylation sites (N-methyl/N-ethyl adjacent to an activating group) is 1. The van der Waals surface area contributed by atoms with Crippen molar-refractivity contribution in [2.24, 2.45) is 11.8 Å². The number of unbranched alkanes of at least 4 members (excludes halogenated alkanes) is 1. The summed E-state index contributed by atoms with van der Waals surface area (Å²) in [5.74, 6) is 1.79. The SMILES string of the molecule is CCCCN(C=S)CC(c1ccccc1)[N+](C)(C)CC1CCC(C)CC1. The maximum absolute atomic E-state index is 5.35. The summed E-state index contributed by atoms with van der Waals surface area (Å²) < 4.78 is 1.05. The molecule has 0 amide bonds. The smallest absolute Gasteiger partial charge is 0.132 e. The lowest BCUT2D eigenvalue weighted by molar-refractivity contribution is -0.923. The fourth-order valence-electron chi connectivity index (χ4n) is 4.48. The molecule has 0 bridgehead atoms. The van der Waals surface area contributed by atoms with Gasteiger partial charge in [0.1, 0.15) is 6.04 Å². The van der Waals surface area contributed by atoms with Crippen LogP contribution in [0, 0.1) is 11.8 Å². The molecule has 2 nitrogen and oxygen atoms in total. The van der Waals surface area contributed by atoms with Crippen molar-refractivity contribution in [2.45, 2.75) is 58.4 Å². The Hall–Kier alpha value is -0.930. The number of thiocarbonyl (C=S) groups is 1. The fourth-order valence-corrected chi connectivity index (χ4v) is 4.67. The van der Waals surface area contributed by atoms with Crippen LogP contribution < -0.4 is 0 Å². The van der Waals surface area contributed by atoms with Gasteiger partial charge in [-0.05, 0) is 25.2 Å². The van der Waals surface area contributed by atoms with Gasteiger partial charge in [0, 0.05) is 18.0 Å². The summed E-state index contributed by atoms with van der Waals surface area (Å²) >= 11 is 5.35. The van der Waals surface area contributed by atoms with Crippen LogP contribution in [0.2, 0.25) is 0 Å². The maximum Gasteiger partial charge on any atom is 0.132 e. The Morgan fingerprint density at radius 3 is 2.38 bits per heavy atom. The zero-order valence-corrected chi connectivity index (χ0v) is 18.2. The van der Waals surface area contributed by atoms with Gasteiger partial charge in [0.05, 0.1) is 32.7 Å². The van der Waals surface area contributed by atoms with Crippen LogP contribution in [0.5, 0.6) is 0 Å². The Kier molecular flexibility index (Phi) is 8.56. The second kappa shape index (κ2) is 10.4. The van der Waals surface area contributed by atoms with Gasteiger partial charge in [-0.25, -0.2) is 0 Å². The van der Waals surface area contributed by atoms with Gasteiger partial charge >= 0.3 is 0 Å². The molecule has 0 N–H and O–H groups in total. The number of hydrogen-bond donors (Lipinski definition) is 0. The monoisotopic (exact) mass is 375 g/mol. The maximum atomic E-state index is 5.35. The zero-order valence-electron chi connectivity index (χ0n) is 17.4. The van der Waals surface area contributed by atoms with Crippen molar-refractivity contribution >= 4 is 17.7 Å². The predicted molar refractivity (Wildman–Crippen MR) is 117 cm³/mol. The molecule has 1 saturated carbocycles. The van der Waals surface area contributed by atoms with Crippen molar-refractivity contribution in [1.82, 2.24) is 4.90 Å². The molecule has 0 saturated heterocycles. The summed E-state index contributed by atoms with van der Waals surface area (Å²) in [7, 11) is 4.86. The lowest BCUT2D eigenvalue weighted by atomic mass is 9.82. The van der Waals surface area contributed by atoms with Crippen molar-refractivity contribution in [2.75, 3.05) is 33.7 Å². The zero-order chi connectivity index (χ0) is 19.0. The van der Waals surface area contributed by atoms with E-state index in [2.05, 4.69) is 63.2 Å². The van der Waals surface area contributed by atoms with Gasteiger partial charge in [0.25, 0.3) is 0 Å². The summed E-state index contributed by atoms with van der Waals surface area (Å²) in [6.07, 6.45) is 8.04. The van der Waals surface area contributed by atoms with Gasteiger partial charge in [-0.15, -0.1) is 0 Å². The molecule has 0 aliphatic heterocycles. The highest BCUT2D eigenvalue weighted by molar-refractivity contribution is 7.78. The Balaban J connectivity index is 2.14. The van der Waals surface area contributed by atoms with E-state index in [9.17, 15) is 0 Å². The molecule has 1 aliphatic rings. The first-order valence-electron chi connectivity index (χ1n) is 10.5. The van der Waals surface area contributed by atoms with Crippen LogP contribution in [0.25, 0.3) is 0 Å². The minimum Gasteiger partial charge on any atom is -0.362 e. The third-order valence-electron chi connectivity index (χ3n) is 6.25.